The lowest BCUT2D eigenvalue weighted by molar-refractivity contribution is -0.140. The minimum atomic E-state index is -0.212. The van der Waals surface area contributed by atoms with E-state index >= 15 is 0 Å². The van der Waals surface area contributed by atoms with Crippen LogP contribution in [0.5, 0.6) is 0 Å². The monoisotopic (exact) mass is 474 g/mol. The van der Waals surface area contributed by atoms with Crippen LogP contribution in [0, 0.1) is 12.8 Å². The van der Waals surface area contributed by atoms with Gasteiger partial charge in [0.15, 0.2) is 0 Å². The molecule has 2 aliphatic rings. The van der Waals surface area contributed by atoms with Crippen LogP contribution in [0.2, 0.25) is 0 Å². The first-order valence-electron chi connectivity index (χ1n) is 12.3. The van der Waals surface area contributed by atoms with Crippen molar-refractivity contribution in [3.8, 4) is 0 Å². The zero-order valence-electron chi connectivity index (χ0n) is 20.4. The fourth-order valence-corrected chi connectivity index (χ4v) is 4.48. The van der Waals surface area contributed by atoms with Crippen molar-refractivity contribution in [1.29, 1.82) is 0 Å². The third-order valence-corrected chi connectivity index (χ3v) is 6.83. The molecule has 184 valence electrons. The third-order valence-electron chi connectivity index (χ3n) is 6.83. The highest BCUT2D eigenvalue weighted by atomic mass is 16.2. The maximum Gasteiger partial charge on any atom is 0.253 e. The van der Waals surface area contributed by atoms with Crippen molar-refractivity contribution in [2.24, 2.45) is 5.92 Å². The van der Waals surface area contributed by atoms with Crippen LogP contribution >= 0.6 is 0 Å². The number of anilines is 2. The van der Waals surface area contributed by atoms with Gasteiger partial charge in [0, 0.05) is 55.6 Å². The highest BCUT2D eigenvalue weighted by Crippen LogP contribution is 2.28. The predicted molar refractivity (Wildman–Crippen MR) is 138 cm³/mol. The van der Waals surface area contributed by atoms with Gasteiger partial charge in [0.25, 0.3) is 5.91 Å². The van der Waals surface area contributed by atoms with Gasteiger partial charge in [-0.3, -0.25) is 14.4 Å². The molecule has 7 heteroatoms. The molecule has 1 aliphatic heterocycles. The summed E-state index contributed by atoms with van der Waals surface area (Å²) in [5, 5.41) is 2.90. The van der Waals surface area contributed by atoms with Gasteiger partial charge in [-0.2, -0.15) is 0 Å². The third kappa shape index (κ3) is 6.10. The molecule has 1 saturated carbocycles. The second kappa shape index (κ2) is 11.2. The summed E-state index contributed by atoms with van der Waals surface area (Å²) in [7, 11) is 0. The molecule has 0 radical (unpaired) electrons. The van der Waals surface area contributed by atoms with E-state index in [2.05, 4.69) is 16.8 Å². The average molecular weight is 475 g/mol. The Morgan fingerprint density at radius 3 is 2.23 bits per heavy atom. The largest absolute Gasteiger partial charge is 0.368 e. The maximum atomic E-state index is 12.8. The van der Waals surface area contributed by atoms with Crippen molar-refractivity contribution >= 4 is 29.1 Å². The minimum absolute atomic E-state index is 0.0279. The minimum Gasteiger partial charge on any atom is -0.368 e. The molecular formula is C28H34N4O3. The number of rotatable bonds is 8. The van der Waals surface area contributed by atoms with Crippen LogP contribution in [-0.4, -0.2) is 66.8 Å². The number of hydrogen-bond donors (Lipinski definition) is 1. The Kier molecular flexibility index (Phi) is 7.85. The van der Waals surface area contributed by atoms with Crippen LogP contribution < -0.4 is 10.2 Å². The van der Waals surface area contributed by atoms with E-state index in [1.807, 2.05) is 60.4 Å². The van der Waals surface area contributed by atoms with Gasteiger partial charge >= 0.3 is 0 Å². The lowest BCUT2D eigenvalue weighted by Gasteiger charge is -2.36. The molecule has 1 heterocycles. The molecule has 2 aromatic carbocycles. The van der Waals surface area contributed by atoms with Gasteiger partial charge in [0.1, 0.15) is 6.54 Å². The number of benzene rings is 2. The molecule has 2 fully saturated rings. The summed E-state index contributed by atoms with van der Waals surface area (Å²) < 4.78 is 0. The quantitative estimate of drug-likeness (QED) is 0.592. The first kappa shape index (κ1) is 24.5. The van der Waals surface area contributed by atoms with Gasteiger partial charge in [-0.05, 0) is 56.2 Å². The second-order valence-corrected chi connectivity index (χ2v) is 9.38. The Labute approximate surface area is 207 Å². The van der Waals surface area contributed by atoms with Crippen LogP contribution in [-0.2, 0) is 9.59 Å². The Hall–Kier alpha value is -3.61. The van der Waals surface area contributed by atoms with Crippen LogP contribution in [0.3, 0.4) is 0 Å². The van der Waals surface area contributed by atoms with E-state index in [0.717, 1.165) is 49.2 Å². The number of piperazine rings is 1. The number of nitrogens with zero attached hydrogens (tertiary/aromatic N) is 3. The van der Waals surface area contributed by atoms with Crippen molar-refractivity contribution in [3.05, 3.63) is 72.3 Å². The molecule has 0 bridgehead atoms. The Bertz CT molecular complexity index is 1050. The van der Waals surface area contributed by atoms with Crippen molar-refractivity contribution < 1.29 is 14.4 Å². The molecule has 0 aromatic heterocycles. The second-order valence-electron chi connectivity index (χ2n) is 9.38. The number of aryl methyl sites for hydroxylation is 1. The number of hydrogen-bond acceptors (Lipinski definition) is 4. The Balaban J connectivity index is 1.27. The molecule has 4 rings (SSSR count). The van der Waals surface area contributed by atoms with E-state index in [1.165, 1.54) is 0 Å². The smallest absolute Gasteiger partial charge is 0.253 e. The van der Waals surface area contributed by atoms with Crippen LogP contribution in [0.25, 0.3) is 0 Å². The summed E-state index contributed by atoms with van der Waals surface area (Å²) in [5.41, 5.74) is 3.62. The van der Waals surface area contributed by atoms with Gasteiger partial charge in [-0.15, -0.1) is 6.58 Å². The molecule has 35 heavy (non-hydrogen) atoms. The van der Waals surface area contributed by atoms with E-state index in [1.54, 1.807) is 11.0 Å². The summed E-state index contributed by atoms with van der Waals surface area (Å²) in [5.74, 6) is -0.0455. The average Bonchev–Trinajstić information content (AvgIpc) is 2.83. The molecule has 0 atom stereocenters. The van der Waals surface area contributed by atoms with Gasteiger partial charge in [0.2, 0.25) is 11.8 Å². The zero-order chi connectivity index (χ0) is 24.8. The summed E-state index contributed by atoms with van der Waals surface area (Å²) in [4.78, 5) is 43.6. The van der Waals surface area contributed by atoms with Crippen molar-refractivity contribution in [1.82, 2.24) is 9.80 Å². The molecule has 3 amide bonds. The summed E-state index contributed by atoms with van der Waals surface area (Å²) in [6, 6.07) is 15.4. The summed E-state index contributed by atoms with van der Waals surface area (Å²) in [6.07, 6.45) is 4.55. The normalized spacial score (nSPS) is 15.8. The van der Waals surface area contributed by atoms with Crippen molar-refractivity contribution in [2.75, 3.05) is 49.5 Å². The van der Waals surface area contributed by atoms with E-state index in [-0.39, 0.29) is 30.2 Å². The first-order chi connectivity index (χ1) is 16.9. The van der Waals surface area contributed by atoms with E-state index in [9.17, 15) is 14.4 Å². The molecule has 7 nitrogen and oxygen atoms in total. The first-order valence-corrected chi connectivity index (χ1v) is 12.3. The maximum absolute atomic E-state index is 12.8. The number of nitrogens with one attached hydrogen (secondary N) is 1. The van der Waals surface area contributed by atoms with E-state index < -0.39 is 0 Å². The SMILES string of the molecule is C=CCN(CC(=O)Nc1ccc(N2CCN(C(=O)c3ccc(C)cc3)CC2)cc1)C(=O)C1CCC1. The summed E-state index contributed by atoms with van der Waals surface area (Å²) in [6.45, 7) is 8.97. The Morgan fingerprint density at radius 2 is 1.66 bits per heavy atom. The fourth-order valence-electron chi connectivity index (χ4n) is 4.48. The molecule has 0 unspecified atom stereocenters. The van der Waals surface area contributed by atoms with Crippen LogP contribution in [0.1, 0.15) is 35.2 Å². The highest BCUT2D eigenvalue weighted by Gasteiger charge is 2.30. The molecule has 0 spiro atoms. The van der Waals surface area contributed by atoms with Crippen molar-refractivity contribution in [3.63, 3.8) is 0 Å². The van der Waals surface area contributed by atoms with Gasteiger partial charge < -0.3 is 20.0 Å². The lowest BCUT2D eigenvalue weighted by Crippen LogP contribution is -2.48. The standard InChI is InChI=1S/C28H34N4O3/c1-3-15-32(28(35)22-5-4-6-22)20-26(33)29-24-11-13-25(14-12-24)30-16-18-31(19-17-30)27(34)23-9-7-21(2)8-10-23/h3,7-14,22H,1,4-6,15-20H2,2H3,(H,29,33). The molecule has 2 aromatic rings. The van der Waals surface area contributed by atoms with Crippen LogP contribution in [0.15, 0.2) is 61.2 Å². The molecule has 1 N–H and O–H groups in total. The molecule has 1 saturated heterocycles. The number of amides is 3. The lowest BCUT2D eigenvalue weighted by atomic mass is 9.84. The van der Waals surface area contributed by atoms with E-state index in [0.29, 0.717) is 25.3 Å². The van der Waals surface area contributed by atoms with Gasteiger partial charge in [-0.1, -0.05) is 30.2 Å². The van der Waals surface area contributed by atoms with Gasteiger partial charge in [0.05, 0.1) is 0 Å². The van der Waals surface area contributed by atoms with Crippen LogP contribution in [0.4, 0.5) is 11.4 Å². The number of carbonyl (C=O) groups is 3. The molecule has 1 aliphatic carbocycles. The highest BCUT2D eigenvalue weighted by molar-refractivity contribution is 5.95. The predicted octanol–water partition coefficient (Wildman–Crippen LogP) is 3.71. The summed E-state index contributed by atoms with van der Waals surface area (Å²) >= 11 is 0. The van der Waals surface area contributed by atoms with Crippen molar-refractivity contribution in [2.45, 2.75) is 26.2 Å². The van der Waals surface area contributed by atoms with E-state index in [4.69, 9.17) is 0 Å². The molecular weight excluding hydrogens is 440 g/mol. The topological polar surface area (TPSA) is 73.0 Å². The fraction of sp³-hybridized carbons (Fsp3) is 0.393. The number of carbonyl (C=O) groups excluding carboxylic acids is 3. The van der Waals surface area contributed by atoms with Gasteiger partial charge in [-0.25, -0.2) is 0 Å². The Morgan fingerprint density at radius 1 is 1.00 bits per heavy atom. The zero-order valence-corrected chi connectivity index (χ0v) is 20.4.